The van der Waals surface area contributed by atoms with Crippen molar-refractivity contribution < 1.29 is 110 Å². The monoisotopic (exact) mass is 1470 g/mol. The molecule has 8 amide bonds. The van der Waals surface area contributed by atoms with Crippen LogP contribution in [0.4, 0.5) is 15.3 Å². The summed E-state index contributed by atoms with van der Waals surface area (Å²) in [5, 5.41) is 22.2. The van der Waals surface area contributed by atoms with Crippen molar-refractivity contribution in [1.82, 2.24) is 31.5 Å². The standard InChI is InChI=1S/C65H94IN7O23/c1-83-21-22-86-25-26-88-29-30-90-33-34-92-37-38-94-41-42-95-40-39-93-36-35-91-32-31-89-28-27-87-24-23-85-20-17-58(74)67-18-8-7-13-54(71-64(81)96-46-53-51-11-5-3-9-49(51)50-10-4-6-12-52(50)53)62(79)68-45-59(75)70-55(44-61(77)78)63(80)69-47-73-60(76)16-19-72(65(73)82)56-43-48(66)14-15-57(56)84-2/h3-6,9-12,14-15,43,53-55H,7-8,13,16-42,44-47H2,1-2H3,(H,67,74)(H,68,79)(H,69,80)(H,70,75)(H,71,81)(H,77,78)/t54-,55-/m0/s1. The van der Waals surface area contributed by atoms with E-state index in [4.69, 9.17) is 66.3 Å². The lowest BCUT2D eigenvalue weighted by Gasteiger charge is -2.35. The van der Waals surface area contributed by atoms with E-state index >= 15 is 0 Å². The first kappa shape index (κ1) is 80.0. The number of amides is 8. The Hall–Kier alpha value is -6.73. The van der Waals surface area contributed by atoms with Crippen LogP contribution in [0, 0.1) is 3.57 Å². The van der Waals surface area contributed by atoms with E-state index in [-0.39, 0.29) is 64.0 Å². The quantitative estimate of drug-likeness (QED) is 0.0349. The maximum absolute atomic E-state index is 13.7. The van der Waals surface area contributed by atoms with Crippen molar-refractivity contribution in [2.24, 2.45) is 0 Å². The molecule has 1 heterocycles. The van der Waals surface area contributed by atoms with Gasteiger partial charge in [0.05, 0.1) is 178 Å². The molecule has 96 heavy (non-hydrogen) atoms. The van der Waals surface area contributed by atoms with Crippen molar-refractivity contribution >= 4 is 75.9 Å². The van der Waals surface area contributed by atoms with Crippen molar-refractivity contribution in [3.05, 3.63) is 81.4 Å². The minimum absolute atomic E-state index is 0.0383. The number of benzene rings is 3. The summed E-state index contributed by atoms with van der Waals surface area (Å²) in [5.41, 5.74) is 4.39. The van der Waals surface area contributed by atoms with E-state index in [1.807, 2.05) is 48.5 Å². The van der Waals surface area contributed by atoms with Crippen LogP contribution in [0.25, 0.3) is 11.1 Å². The van der Waals surface area contributed by atoms with E-state index in [1.165, 1.54) is 12.0 Å². The second-order valence-corrected chi connectivity index (χ2v) is 22.5. The Morgan fingerprint density at radius 1 is 0.562 bits per heavy atom. The Kier molecular flexibility index (Phi) is 40.7. The summed E-state index contributed by atoms with van der Waals surface area (Å²) >= 11 is 2.07. The number of anilines is 1. The van der Waals surface area contributed by atoms with E-state index in [9.17, 15) is 43.5 Å². The van der Waals surface area contributed by atoms with Gasteiger partial charge in [-0.25, -0.2) is 14.5 Å². The Balaban J connectivity index is 0.900. The molecule has 0 aromatic heterocycles. The number of urea groups is 1. The molecular weight excluding hydrogens is 1370 g/mol. The molecule has 6 N–H and O–H groups in total. The van der Waals surface area contributed by atoms with Gasteiger partial charge in [0.15, 0.2) is 0 Å². The Morgan fingerprint density at radius 3 is 1.53 bits per heavy atom. The Morgan fingerprint density at radius 2 is 1.04 bits per heavy atom. The lowest BCUT2D eigenvalue weighted by atomic mass is 9.98. The molecule has 5 rings (SSSR count). The van der Waals surface area contributed by atoms with Gasteiger partial charge in [-0.05, 0) is 82.3 Å². The SMILES string of the molecule is COCCOCCOCCOCCOCCOCCOCCOCCOCCOCCOCCOCCC(=O)NCCCC[C@H](NC(=O)OCC1c2ccccc2-c2ccccc21)C(=O)NCC(=O)N[C@@H](CC(=O)O)C(=O)NCN1C(=O)CCN(c2cc(I)ccc2OC)C1=O. The summed E-state index contributed by atoms with van der Waals surface area (Å²) < 4.78 is 77.2. The maximum atomic E-state index is 13.7. The molecule has 30 nitrogen and oxygen atoms in total. The fraction of sp³-hybridized carbons (Fsp3) is 0.600. The van der Waals surface area contributed by atoms with Crippen molar-refractivity contribution in [3.8, 4) is 16.9 Å². The molecule has 1 aliphatic heterocycles. The van der Waals surface area contributed by atoms with Gasteiger partial charge in [-0.2, -0.15) is 0 Å². The van der Waals surface area contributed by atoms with Crippen LogP contribution < -0.4 is 36.2 Å². The van der Waals surface area contributed by atoms with Crippen molar-refractivity contribution in [2.45, 2.75) is 56.5 Å². The fourth-order valence-electron chi connectivity index (χ4n) is 9.59. The number of hydrogen-bond donors (Lipinski definition) is 6. The molecule has 1 saturated heterocycles. The average molecular weight is 1470 g/mol. The summed E-state index contributed by atoms with van der Waals surface area (Å²) in [5.74, 6) is -4.99. The van der Waals surface area contributed by atoms with Crippen LogP contribution in [-0.2, 0) is 90.3 Å². The first-order chi connectivity index (χ1) is 46.8. The van der Waals surface area contributed by atoms with E-state index in [1.54, 1.807) is 25.3 Å². The predicted molar refractivity (Wildman–Crippen MR) is 354 cm³/mol. The minimum Gasteiger partial charge on any atom is -0.495 e. The second kappa shape index (κ2) is 48.9. The highest BCUT2D eigenvalue weighted by molar-refractivity contribution is 14.1. The largest absolute Gasteiger partial charge is 0.495 e. The number of methoxy groups -OCH3 is 2. The van der Waals surface area contributed by atoms with Crippen LogP contribution in [0.3, 0.4) is 0 Å². The zero-order valence-electron chi connectivity index (χ0n) is 54.8. The number of nitrogens with zero attached hydrogens (tertiary/aromatic N) is 2. The van der Waals surface area contributed by atoms with Crippen LogP contribution in [0.1, 0.15) is 55.6 Å². The minimum atomic E-state index is -1.69. The summed E-state index contributed by atoms with van der Waals surface area (Å²) in [4.78, 5) is 107. The molecular formula is C65H94IN7O23. The molecule has 3 aromatic rings. The molecule has 0 spiro atoms. The van der Waals surface area contributed by atoms with Gasteiger partial charge >= 0.3 is 18.1 Å². The number of imide groups is 1. The third-order valence-corrected chi connectivity index (χ3v) is 15.1. The third-order valence-electron chi connectivity index (χ3n) is 14.4. The van der Waals surface area contributed by atoms with Crippen LogP contribution in [0.15, 0.2) is 66.7 Å². The topological polar surface area (TPSA) is 353 Å². The number of fused-ring (bicyclic) bond motifs is 3. The van der Waals surface area contributed by atoms with Crippen LogP contribution in [0.5, 0.6) is 5.75 Å². The molecule has 1 fully saturated rings. The number of hydrogen-bond acceptors (Lipinski definition) is 22. The lowest BCUT2D eigenvalue weighted by Crippen LogP contribution is -2.58. The van der Waals surface area contributed by atoms with E-state index in [0.717, 1.165) is 30.7 Å². The zero-order chi connectivity index (χ0) is 68.8. The number of alkyl carbamates (subject to hydrolysis) is 1. The first-order valence-corrected chi connectivity index (χ1v) is 33.1. The average Bonchev–Trinajstić information content (AvgIpc) is 1.63. The number of aliphatic carboxylic acids is 1. The third kappa shape index (κ3) is 31.6. The lowest BCUT2D eigenvalue weighted by molar-refractivity contribution is -0.141. The van der Waals surface area contributed by atoms with Gasteiger partial charge in [0.1, 0.15) is 31.1 Å². The normalized spacial score (nSPS) is 13.4. The molecule has 3 aromatic carbocycles. The number of carboxylic acids is 1. The first-order valence-electron chi connectivity index (χ1n) is 32.0. The number of carbonyl (C=O) groups is 8. The molecule has 0 radical (unpaired) electrons. The van der Waals surface area contributed by atoms with E-state index in [2.05, 4.69) is 49.2 Å². The number of carboxylic acid groups (broad SMARTS) is 1. The highest BCUT2D eigenvalue weighted by Gasteiger charge is 2.36. The van der Waals surface area contributed by atoms with Crippen molar-refractivity contribution in [3.63, 3.8) is 0 Å². The van der Waals surface area contributed by atoms with Crippen LogP contribution in [0.2, 0.25) is 0 Å². The molecule has 0 bridgehead atoms. The number of nitrogens with one attached hydrogen (secondary N) is 5. The number of halogens is 1. The number of carbonyl (C=O) groups excluding carboxylic acids is 7. The van der Waals surface area contributed by atoms with E-state index < -0.39 is 73.4 Å². The fourth-order valence-corrected chi connectivity index (χ4v) is 10.1. The summed E-state index contributed by atoms with van der Waals surface area (Å²) in [6.07, 6.45) is -1.02. The van der Waals surface area contributed by atoms with Crippen LogP contribution in [-0.4, -0.2) is 269 Å². The van der Waals surface area contributed by atoms with Gasteiger partial charge in [0.2, 0.25) is 29.5 Å². The molecule has 0 saturated carbocycles. The highest BCUT2D eigenvalue weighted by atomic mass is 127. The smallest absolute Gasteiger partial charge is 0.407 e. The molecule has 2 atom stereocenters. The second-order valence-electron chi connectivity index (χ2n) is 21.3. The van der Waals surface area contributed by atoms with Gasteiger partial charge in [-0.1, -0.05) is 48.5 Å². The van der Waals surface area contributed by atoms with E-state index in [0.29, 0.717) is 163 Å². The Labute approximate surface area is 573 Å². The van der Waals surface area contributed by atoms with Crippen LogP contribution >= 0.6 is 22.6 Å². The number of unbranched alkanes of at least 4 members (excludes halogenated alkanes) is 1. The predicted octanol–water partition coefficient (Wildman–Crippen LogP) is 3.02. The Bertz CT molecular complexity index is 2760. The van der Waals surface area contributed by atoms with Gasteiger partial charge in [-0.15, -0.1) is 0 Å². The maximum Gasteiger partial charge on any atom is 0.407 e. The van der Waals surface area contributed by atoms with Crippen molar-refractivity contribution in [2.75, 3.05) is 204 Å². The molecule has 0 unspecified atom stereocenters. The van der Waals surface area contributed by atoms with Gasteiger partial charge in [0, 0.05) is 42.5 Å². The van der Waals surface area contributed by atoms with Gasteiger partial charge < -0.3 is 98.0 Å². The van der Waals surface area contributed by atoms with Gasteiger partial charge in [0.25, 0.3) is 0 Å². The molecule has 534 valence electrons. The summed E-state index contributed by atoms with van der Waals surface area (Å²) in [7, 11) is 3.06. The molecule has 31 heteroatoms. The molecule has 2 aliphatic rings. The number of rotatable bonds is 55. The zero-order valence-corrected chi connectivity index (χ0v) is 57.0. The van der Waals surface area contributed by atoms with Gasteiger partial charge in [-0.3, -0.25) is 33.7 Å². The summed E-state index contributed by atoms with van der Waals surface area (Å²) in [6.45, 7) is 8.79. The summed E-state index contributed by atoms with van der Waals surface area (Å²) in [6, 6.07) is 17.0. The highest BCUT2D eigenvalue weighted by Crippen LogP contribution is 2.44. The number of ether oxygens (including phenoxy) is 14. The van der Waals surface area contributed by atoms with Crippen molar-refractivity contribution in [1.29, 1.82) is 0 Å². The molecule has 1 aliphatic carbocycles.